The Labute approximate surface area is 140 Å². The molecule has 0 aliphatic rings. The van der Waals surface area contributed by atoms with E-state index < -0.39 is 10.0 Å². The summed E-state index contributed by atoms with van der Waals surface area (Å²) in [6.07, 6.45) is 1.45. The molecule has 3 aromatic rings. The third-order valence-corrected chi connectivity index (χ3v) is 4.82. The number of nitrogens with one attached hydrogen (secondary N) is 1. The van der Waals surface area contributed by atoms with Gasteiger partial charge in [-0.3, -0.25) is 9.71 Å². The summed E-state index contributed by atoms with van der Waals surface area (Å²) >= 11 is 0. The topological polar surface area (TPSA) is 82.8 Å². The Morgan fingerprint density at radius 3 is 2.29 bits per heavy atom. The quantitative estimate of drug-likeness (QED) is 0.792. The number of pyridine rings is 1. The van der Waals surface area contributed by atoms with Gasteiger partial charge in [-0.15, -0.1) is 0 Å². The molecular formula is C18H13N3O2S. The monoisotopic (exact) mass is 335 g/mol. The summed E-state index contributed by atoms with van der Waals surface area (Å²) < 4.78 is 27.3. The van der Waals surface area contributed by atoms with Crippen LogP contribution in [0.4, 0.5) is 5.69 Å². The van der Waals surface area contributed by atoms with Crippen LogP contribution in [0.3, 0.4) is 0 Å². The summed E-state index contributed by atoms with van der Waals surface area (Å²) in [5, 5.41) is 9.06. The van der Waals surface area contributed by atoms with Crippen molar-refractivity contribution >= 4 is 15.7 Å². The predicted molar refractivity (Wildman–Crippen MR) is 91.6 cm³/mol. The number of hydrogen-bond acceptors (Lipinski definition) is 4. The number of benzene rings is 2. The second kappa shape index (κ2) is 6.52. The van der Waals surface area contributed by atoms with E-state index in [1.807, 2.05) is 36.4 Å². The summed E-state index contributed by atoms with van der Waals surface area (Å²) in [5.41, 5.74) is 2.12. The highest BCUT2D eigenvalue weighted by molar-refractivity contribution is 7.92. The summed E-state index contributed by atoms with van der Waals surface area (Å²) in [7, 11) is -3.85. The minimum absolute atomic E-state index is 0.0559. The maximum absolute atomic E-state index is 12.4. The lowest BCUT2D eigenvalue weighted by molar-refractivity contribution is 0.601. The molecule has 0 aliphatic heterocycles. The second-order valence-electron chi connectivity index (χ2n) is 5.01. The van der Waals surface area contributed by atoms with Crippen LogP contribution in [0.15, 0.2) is 77.8 Å². The largest absolute Gasteiger partial charge is 0.278 e. The molecule has 1 aromatic heterocycles. The van der Waals surface area contributed by atoms with Crippen molar-refractivity contribution in [3.63, 3.8) is 0 Å². The third kappa shape index (κ3) is 3.26. The van der Waals surface area contributed by atoms with Crippen molar-refractivity contribution in [1.82, 2.24) is 4.98 Å². The first-order valence-electron chi connectivity index (χ1n) is 7.13. The van der Waals surface area contributed by atoms with Gasteiger partial charge in [-0.2, -0.15) is 5.26 Å². The van der Waals surface area contributed by atoms with Gasteiger partial charge in [-0.1, -0.05) is 42.5 Å². The standard InChI is InChI=1S/C18H13N3O2S/c19-12-15-8-4-5-9-18(15)24(22,23)21-16-10-11-17(20-13-16)14-6-2-1-3-7-14/h1-11,13,21H. The van der Waals surface area contributed by atoms with Crippen LogP contribution in [0.25, 0.3) is 11.3 Å². The summed E-state index contributed by atoms with van der Waals surface area (Å²) in [5.74, 6) is 0. The molecule has 0 amide bonds. The molecule has 3 rings (SSSR count). The molecule has 0 bridgehead atoms. The number of anilines is 1. The van der Waals surface area contributed by atoms with Crippen LogP contribution in [0.5, 0.6) is 0 Å². The minimum atomic E-state index is -3.85. The van der Waals surface area contributed by atoms with Gasteiger partial charge in [0.2, 0.25) is 0 Å². The smallest absolute Gasteiger partial charge is 0.263 e. The lowest BCUT2D eigenvalue weighted by Gasteiger charge is -2.09. The van der Waals surface area contributed by atoms with Crippen LogP contribution in [-0.4, -0.2) is 13.4 Å². The Morgan fingerprint density at radius 2 is 1.62 bits per heavy atom. The predicted octanol–water partition coefficient (Wildman–Crippen LogP) is 3.42. The molecule has 0 spiro atoms. The van der Waals surface area contributed by atoms with Crippen molar-refractivity contribution < 1.29 is 8.42 Å². The van der Waals surface area contributed by atoms with Gasteiger partial charge in [0.25, 0.3) is 10.0 Å². The highest BCUT2D eigenvalue weighted by atomic mass is 32.2. The zero-order chi connectivity index (χ0) is 17.0. The Bertz CT molecular complexity index is 992. The van der Waals surface area contributed by atoms with E-state index in [2.05, 4.69) is 9.71 Å². The molecule has 1 heterocycles. The minimum Gasteiger partial charge on any atom is -0.278 e. The van der Waals surface area contributed by atoms with Crippen LogP contribution >= 0.6 is 0 Å². The molecule has 0 saturated heterocycles. The van der Waals surface area contributed by atoms with Crippen LogP contribution < -0.4 is 4.72 Å². The van der Waals surface area contributed by atoms with E-state index in [1.54, 1.807) is 24.3 Å². The van der Waals surface area contributed by atoms with Gasteiger partial charge in [0.1, 0.15) is 11.0 Å². The number of rotatable bonds is 4. The van der Waals surface area contributed by atoms with Gasteiger partial charge >= 0.3 is 0 Å². The third-order valence-electron chi connectivity index (χ3n) is 3.38. The second-order valence-corrected chi connectivity index (χ2v) is 6.66. The number of sulfonamides is 1. The maximum Gasteiger partial charge on any atom is 0.263 e. The molecule has 118 valence electrons. The van der Waals surface area contributed by atoms with Crippen molar-refractivity contribution in [3.8, 4) is 17.3 Å². The van der Waals surface area contributed by atoms with Crippen molar-refractivity contribution in [2.45, 2.75) is 4.90 Å². The average molecular weight is 335 g/mol. The van der Waals surface area contributed by atoms with Crippen LogP contribution in [-0.2, 0) is 10.0 Å². The van der Waals surface area contributed by atoms with Gasteiger partial charge in [0.05, 0.1) is 23.1 Å². The van der Waals surface area contributed by atoms with Crippen LogP contribution in [0.2, 0.25) is 0 Å². The van der Waals surface area contributed by atoms with E-state index in [4.69, 9.17) is 5.26 Å². The molecule has 0 radical (unpaired) electrons. The fourth-order valence-electron chi connectivity index (χ4n) is 2.24. The van der Waals surface area contributed by atoms with Crippen molar-refractivity contribution in [2.24, 2.45) is 0 Å². The maximum atomic E-state index is 12.4. The van der Waals surface area contributed by atoms with Crippen molar-refractivity contribution in [3.05, 3.63) is 78.5 Å². The normalized spacial score (nSPS) is 10.8. The van der Waals surface area contributed by atoms with Crippen LogP contribution in [0, 0.1) is 11.3 Å². The Kier molecular flexibility index (Phi) is 4.27. The van der Waals surface area contributed by atoms with Crippen molar-refractivity contribution in [1.29, 1.82) is 5.26 Å². The molecule has 2 aromatic carbocycles. The number of aromatic nitrogens is 1. The number of hydrogen-bond donors (Lipinski definition) is 1. The zero-order valence-corrected chi connectivity index (χ0v) is 13.4. The summed E-state index contributed by atoms with van der Waals surface area (Å²) in [6, 6.07) is 20.9. The first kappa shape index (κ1) is 15.7. The molecule has 0 aliphatic carbocycles. The van der Waals surface area contributed by atoms with Gasteiger partial charge < -0.3 is 0 Å². The molecule has 5 nitrogen and oxygen atoms in total. The molecule has 6 heteroatoms. The molecular weight excluding hydrogens is 322 g/mol. The molecule has 0 unspecified atom stereocenters. The Balaban J connectivity index is 1.87. The average Bonchev–Trinajstić information content (AvgIpc) is 2.63. The summed E-state index contributed by atoms with van der Waals surface area (Å²) in [4.78, 5) is 4.22. The highest BCUT2D eigenvalue weighted by Crippen LogP contribution is 2.21. The molecule has 0 fully saturated rings. The van der Waals surface area contributed by atoms with E-state index in [1.165, 1.54) is 18.3 Å². The Morgan fingerprint density at radius 1 is 0.917 bits per heavy atom. The molecule has 0 saturated carbocycles. The lowest BCUT2D eigenvalue weighted by atomic mass is 10.1. The fourth-order valence-corrected chi connectivity index (χ4v) is 3.44. The highest BCUT2D eigenvalue weighted by Gasteiger charge is 2.18. The number of nitrogens with zero attached hydrogens (tertiary/aromatic N) is 2. The van der Waals surface area contributed by atoms with E-state index in [0.29, 0.717) is 5.69 Å². The van der Waals surface area contributed by atoms with E-state index >= 15 is 0 Å². The van der Waals surface area contributed by atoms with E-state index in [9.17, 15) is 8.42 Å². The fraction of sp³-hybridized carbons (Fsp3) is 0. The molecule has 1 N–H and O–H groups in total. The van der Waals surface area contributed by atoms with Crippen LogP contribution in [0.1, 0.15) is 5.56 Å². The lowest BCUT2D eigenvalue weighted by Crippen LogP contribution is -2.14. The summed E-state index contributed by atoms with van der Waals surface area (Å²) in [6.45, 7) is 0. The van der Waals surface area contributed by atoms with Crippen molar-refractivity contribution in [2.75, 3.05) is 4.72 Å². The van der Waals surface area contributed by atoms with Gasteiger partial charge in [-0.05, 0) is 24.3 Å². The molecule has 24 heavy (non-hydrogen) atoms. The number of nitriles is 1. The first-order chi connectivity index (χ1) is 11.6. The zero-order valence-electron chi connectivity index (χ0n) is 12.5. The van der Waals surface area contributed by atoms with E-state index in [-0.39, 0.29) is 10.5 Å². The Hall–Kier alpha value is -3.17. The van der Waals surface area contributed by atoms with Gasteiger partial charge in [-0.25, -0.2) is 8.42 Å². The van der Waals surface area contributed by atoms with Gasteiger partial charge in [0.15, 0.2) is 0 Å². The van der Waals surface area contributed by atoms with Gasteiger partial charge in [0, 0.05) is 5.56 Å². The first-order valence-corrected chi connectivity index (χ1v) is 8.62. The van der Waals surface area contributed by atoms with E-state index in [0.717, 1.165) is 11.3 Å². The molecule has 0 atom stereocenters. The SMILES string of the molecule is N#Cc1ccccc1S(=O)(=O)Nc1ccc(-c2ccccc2)nc1.